The van der Waals surface area contributed by atoms with Crippen LogP contribution in [0.5, 0.6) is 0 Å². The highest BCUT2D eigenvalue weighted by atomic mass is 32.1. The maximum absolute atomic E-state index is 12.8. The summed E-state index contributed by atoms with van der Waals surface area (Å²) in [6.07, 6.45) is 10.0. The summed E-state index contributed by atoms with van der Waals surface area (Å²) in [5.74, 6) is 6.15. The quantitative estimate of drug-likeness (QED) is 0.210. The molecule has 0 amide bonds. The van der Waals surface area contributed by atoms with Crippen molar-refractivity contribution in [2.24, 2.45) is 4.99 Å². The second kappa shape index (κ2) is 12.0. The Hall–Kier alpha value is -3.41. The number of anilines is 1. The lowest BCUT2D eigenvalue weighted by Gasteiger charge is -2.30. The third-order valence-corrected chi connectivity index (χ3v) is 7.69. The van der Waals surface area contributed by atoms with E-state index >= 15 is 0 Å². The van der Waals surface area contributed by atoms with E-state index in [1.807, 2.05) is 6.08 Å². The fourth-order valence-corrected chi connectivity index (χ4v) is 5.08. The smallest absolute Gasteiger partial charge is 0.378 e. The van der Waals surface area contributed by atoms with Gasteiger partial charge in [-0.3, -0.25) is 4.99 Å². The van der Waals surface area contributed by atoms with Crippen LogP contribution in [0.1, 0.15) is 60.7 Å². The lowest BCUT2D eigenvalue weighted by atomic mass is 9.81. The van der Waals surface area contributed by atoms with Gasteiger partial charge in [0.05, 0.1) is 10.4 Å². The number of aliphatic hydroxyl groups is 1. The fourth-order valence-electron chi connectivity index (χ4n) is 4.12. The summed E-state index contributed by atoms with van der Waals surface area (Å²) in [6, 6.07) is 5.30. The molecular weight excluding hydrogens is 507 g/mol. The molecule has 0 unspecified atom stereocenters. The maximum Gasteiger partial charge on any atom is 0.416 e. The second-order valence-corrected chi connectivity index (χ2v) is 10.5. The first-order valence-electron chi connectivity index (χ1n) is 12.5. The van der Waals surface area contributed by atoms with Crippen LogP contribution in [0.4, 0.5) is 18.3 Å². The van der Waals surface area contributed by atoms with Gasteiger partial charge >= 0.3 is 6.18 Å². The molecule has 0 spiro atoms. The number of aryl methyl sites for hydroxylation is 1. The molecule has 1 saturated carbocycles. The van der Waals surface area contributed by atoms with Gasteiger partial charge in [0.2, 0.25) is 0 Å². The number of nitrogens with one attached hydrogen (secondary N) is 1. The molecule has 0 radical (unpaired) electrons. The molecule has 2 aliphatic rings. The summed E-state index contributed by atoms with van der Waals surface area (Å²) in [5, 5.41) is 14.5. The summed E-state index contributed by atoms with van der Waals surface area (Å²) in [6.45, 7) is 6.17. The second-order valence-electron chi connectivity index (χ2n) is 9.46. The zero-order valence-corrected chi connectivity index (χ0v) is 22.1. The Morgan fingerprint density at radius 1 is 1.24 bits per heavy atom. The molecule has 0 atom stereocenters. The molecule has 2 aliphatic carbocycles. The van der Waals surface area contributed by atoms with Gasteiger partial charge in [-0.15, -0.1) is 0 Å². The summed E-state index contributed by atoms with van der Waals surface area (Å²) in [7, 11) is 0. The van der Waals surface area contributed by atoms with E-state index in [0.717, 1.165) is 63.7 Å². The number of aliphatic imine (C=N–C) groups is 1. The summed E-state index contributed by atoms with van der Waals surface area (Å²) in [4.78, 5) is 9.46. The van der Waals surface area contributed by atoms with Gasteiger partial charge in [0.1, 0.15) is 11.3 Å². The Kier molecular flexibility index (Phi) is 8.70. The first-order chi connectivity index (χ1) is 18.2. The fraction of sp³-hybridized carbons (Fsp3) is 0.333. The number of nitrogens with zero attached hydrogens (tertiary/aromatic N) is 2. The van der Waals surface area contributed by atoms with Gasteiger partial charge in [0, 0.05) is 12.7 Å². The Labute approximate surface area is 225 Å². The van der Waals surface area contributed by atoms with Crippen LogP contribution in [0.3, 0.4) is 0 Å². The maximum atomic E-state index is 12.8. The van der Waals surface area contributed by atoms with Crippen LogP contribution in [-0.4, -0.2) is 29.0 Å². The highest BCUT2D eigenvalue weighted by molar-refractivity contribution is 7.16. The predicted octanol–water partition coefficient (Wildman–Crippen LogP) is 7.35. The van der Waals surface area contributed by atoms with Crippen LogP contribution in [-0.2, 0) is 12.6 Å². The third kappa shape index (κ3) is 7.12. The van der Waals surface area contributed by atoms with Crippen molar-refractivity contribution in [3.05, 3.63) is 87.6 Å². The molecule has 2 N–H and O–H groups in total. The first kappa shape index (κ1) is 27.6. The molecule has 198 valence electrons. The van der Waals surface area contributed by atoms with Crippen molar-refractivity contribution in [2.45, 2.75) is 57.2 Å². The molecule has 0 aliphatic heterocycles. The molecule has 38 heavy (non-hydrogen) atoms. The van der Waals surface area contributed by atoms with Gasteiger partial charge in [-0.2, -0.15) is 13.2 Å². The number of benzene rings is 1. The number of hydrogen-bond donors (Lipinski definition) is 2. The lowest BCUT2D eigenvalue weighted by Crippen LogP contribution is -2.34. The van der Waals surface area contributed by atoms with E-state index < -0.39 is 17.3 Å². The SMILES string of the molecule is C=N/C=C\C1=C(C)C=CC(c2sc(NCCCc3ccc(C(F)(F)F)cc3)nc2C#CC2(O)CCC2)=CC1. The van der Waals surface area contributed by atoms with Crippen molar-refractivity contribution in [1.82, 2.24) is 4.98 Å². The summed E-state index contributed by atoms with van der Waals surface area (Å²) < 4.78 is 38.3. The van der Waals surface area contributed by atoms with Crippen molar-refractivity contribution in [2.75, 3.05) is 11.9 Å². The van der Waals surface area contributed by atoms with Gasteiger partial charge in [0.15, 0.2) is 5.13 Å². The molecule has 2 aromatic rings. The van der Waals surface area contributed by atoms with Crippen molar-refractivity contribution in [3.63, 3.8) is 0 Å². The number of halogens is 3. The summed E-state index contributed by atoms with van der Waals surface area (Å²) in [5.41, 5.74) is 3.21. The number of hydrogen-bond acceptors (Lipinski definition) is 5. The first-order valence-corrected chi connectivity index (χ1v) is 13.4. The van der Waals surface area contributed by atoms with Crippen LogP contribution >= 0.6 is 11.3 Å². The molecule has 4 rings (SSSR count). The van der Waals surface area contributed by atoms with E-state index in [2.05, 4.69) is 54.0 Å². The Morgan fingerprint density at radius 2 is 2.00 bits per heavy atom. The number of alkyl halides is 3. The zero-order valence-electron chi connectivity index (χ0n) is 21.2. The molecule has 0 saturated heterocycles. The van der Waals surface area contributed by atoms with Crippen LogP contribution in [0.25, 0.3) is 5.57 Å². The lowest BCUT2D eigenvalue weighted by molar-refractivity contribution is -0.137. The molecular formula is C30H30F3N3OS. The molecule has 1 aromatic carbocycles. The highest BCUT2D eigenvalue weighted by Crippen LogP contribution is 2.35. The van der Waals surface area contributed by atoms with E-state index in [1.54, 1.807) is 6.20 Å². The highest BCUT2D eigenvalue weighted by Gasteiger charge is 2.32. The monoisotopic (exact) mass is 537 g/mol. The third-order valence-electron chi connectivity index (χ3n) is 6.63. The average Bonchev–Trinajstić information content (AvgIpc) is 3.18. The number of aromatic nitrogens is 1. The van der Waals surface area contributed by atoms with Crippen LogP contribution in [0.2, 0.25) is 0 Å². The Balaban J connectivity index is 1.47. The van der Waals surface area contributed by atoms with Crippen LogP contribution in [0.15, 0.2) is 70.9 Å². The largest absolute Gasteiger partial charge is 0.416 e. The van der Waals surface area contributed by atoms with Gasteiger partial charge < -0.3 is 10.4 Å². The van der Waals surface area contributed by atoms with E-state index in [9.17, 15) is 18.3 Å². The Morgan fingerprint density at radius 3 is 2.66 bits per heavy atom. The molecule has 8 heteroatoms. The standard InChI is InChI=1S/C30H30F3N3OS/c1-21-6-9-24(11-10-23(21)15-20-34-2)27-26(14-18-29(37)16-4-17-29)36-28(38-27)35-19-3-5-22-7-12-25(13-8-22)30(31,32)33/h6-9,11-13,15,20,37H,2-5,10,16-17,19H2,1H3,(H,35,36)/b20-15-. The van der Waals surface area contributed by atoms with Crippen molar-refractivity contribution in [1.29, 1.82) is 0 Å². The van der Waals surface area contributed by atoms with E-state index in [0.29, 0.717) is 31.5 Å². The topological polar surface area (TPSA) is 57.5 Å². The van der Waals surface area contributed by atoms with Gasteiger partial charge in [-0.25, -0.2) is 4.98 Å². The van der Waals surface area contributed by atoms with Gasteiger partial charge in [-0.05, 0) is 98.6 Å². The molecule has 0 bridgehead atoms. The van der Waals surface area contributed by atoms with E-state index in [-0.39, 0.29) is 0 Å². The van der Waals surface area contributed by atoms with E-state index in [1.165, 1.54) is 23.5 Å². The van der Waals surface area contributed by atoms with Crippen molar-refractivity contribution >= 4 is 28.8 Å². The van der Waals surface area contributed by atoms with Crippen LogP contribution < -0.4 is 5.32 Å². The number of thiazole rings is 1. The average molecular weight is 538 g/mol. The van der Waals surface area contributed by atoms with Gasteiger partial charge in [0.25, 0.3) is 0 Å². The normalized spacial score (nSPS) is 16.9. The molecule has 1 aromatic heterocycles. The zero-order chi connectivity index (χ0) is 27.2. The van der Waals surface area contributed by atoms with Crippen LogP contribution in [0, 0.1) is 11.8 Å². The minimum atomic E-state index is -4.32. The Bertz CT molecular complexity index is 1350. The van der Waals surface area contributed by atoms with Crippen molar-refractivity contribution < 1.29 is 18.3 Å². The molecule has 1 heterocycles. The minimum absolute atomic E-state index is 0.615. The van der Waals surface area contributed by atoms with E-state index in [4.69, 9.17) is 4.98 Å². The van der Waals surface area contributed by atoms with Gasteiger partial charge in [-0.1, -0.05) is 47.6 Å². The number of rotatable bonds is 8. The van der Waals surface area contributed by atoms with Crippen molar-refractivity contribution in [3.8, 4) is 11.8 Å². The molecule has 1 fully saturated rings. The predicted molar refractivity (Wildman–Crippen MR) is 149 cm³/mol. The molecule has 4 nitrogen and oxygen atoms in total. The summed E-state index contributed by atoms with van der Waals surface area (Å²) >= 11 is 1.51. The minimum Gasteiger partial charge on any atom is -0.378 e. The number of allylic oxidation sites excluding steroid dienone is 7.